The number of aryl methyl sites for hydroxylation is 1. The zero-order chi connectivity index (χ0) is 12.3. The molecule has 1 heterocycles. The summed E-state index contributed by atoms with van der Waals surface area (Å²) in [7, 11) is 0. The number of anilines is 1. The summed E-state index contributed by atoms with van der Waals surface area (Å²) >= 11 is 5.87. The van der Waals surface area contributed by atoms with Crippen LogP contribution in [-0.4, -0.2) is 28.2 Å². The Hall–Kier alpha value is -0.870. The van der Waals surface area contributed by atoms with Gasteiger partial charge in [-0.05, 0) is 31.6 Å². The smallest absolute Gasteiger partial charge is 0.134 e. The third kappa shape index (κ3) is 3.30. The molecule has 17 heavy (non-hydrogen) atoms. The Morgan fingerprint density at radius 2 is 2.18 bits per heavy atom. The van der Waals surface area contributed by atoms with E-state index in [9.17, 15) is 5.11 Å². The molecule has 2 rings (SSSR count). The Morgan fingerprint density at radius 1 is 1.41 bits per heavy atom. The number of hydrogen-bond acceptors (Lipinski definition) is 4. The molecule has 0 aliphatic heterocycles. The van der Waals surface area contributed by atoms with Crippen molar-refractivity contribution in [3.63, 3.8) is 0 Å². The molecule has 1 aliphatic rings. The van der Waals surface area contributed by atoms with Gasteiger partial charge in [0.05, 0.1) is 0 Å². The lowest BCUT2D eigenvalue weighted by Gasteiger charge is -2.18. The van der Waals surface area contributed by atoms with Crippen LogP contribution in [0.2, 0.25) is 5.15 Å². The average Bonchev–Trinajstić information content (AvgIpc) is 2.72. The topological polar surface area (TPSA) is 58.0 Å². The van der Waals surface area contributed by atoms with Gasteiger partial charge in [0.1, 0.15) is 16.8 Å². The number of nitrogens with zero attached hydrogens (tertiary/aromatic N) is 2. The Labute approximate surface area is 106 Å². The second-order valence-corrected chi connectivity index (χ2v) is 5.02. The minimum atomic E-state index is 0.288. The zero-order valence-electron chi connectivity index (χ0n) is 9.99. The molecule has 0 bridgehead atoms. The molecule has 4 nitrogen and oxygen atoms in total. The zero-order valence-corrected chi connectivity index (χ0v) is 10.7. The Balaban J connectivity index is 1.93. The van der Waals surface area contributed by atoms with Gasteiger partial charge in [0.15, 0.2) is 0 Å². The third-order valence-corrected chi connectivity index (χ3v) is 3.60. The first-order valence-electron chi connectivity index (χ1n) is 6.05. The maximum atomic E-state index is 9.25. The highest BCUT2D eigenvalue weighted by Gasteiger charge is 2.26. The van der Waals surface area contributed by atoms with Crippen LogP contribution in [0.5, 0.6) is 0 Å². The molecule has 2 atom stereocenters. The van der Waals surface area contributed by atoms with Crippen molar-refractivity contribution in [1.82, 2.24) is 9.97 Å². The monoisotopic (exact) mass is 255 g/mol. The number of nitrogens with one attached hydrogen (secondary N) is 1. The fourth-order valence-electron chi connectivity index (χ4n) is 2.48. The van der Waals surface area contributed by atoms with Crippen molar-refractivity contribution in [3.8, 4) is 0 Å². The first-order chi connectivity index (χ1) is 8.19. The lowest BCUT2D eigenvalue weighted by Crippen LogP contribution is -2.21. The van der Waals surface area contributed by atoms with Gasteiger partial charge in [-0.1, -0.05) is 18.0 Å². The van der Waals surface area contributed by atoms with Crippen LogP contribution in [0.1, 0.15) is 25.1 Å². The van der Waals surface area contributed by atoms with Gasteiger partial charge in [0, 0.05) is 19.2 Å². The molecular formula is C12H18ClN3O. The van der Waals surface area contributed by atoms with Crippen LogP contribution >= 0.6 is 11.6 Å². The van der Waals surface area contributed by atoms with E-state index in [1.54, 1.807) is 6.07 Å². The normalized spacial score (nSPS) is 23.9. The maximum Gasteiger partial charge on any atom is 0.134 e. The predicted molar refractivity (Wildman–Crippen MR) is 68.2 cm³/mol. The Bertz CT molecular complexity index is 366. The van der Waals surface area contributed by atoms with Crippen LogP contribution in [0, 0.1) is 18.8 Å². The van der Waals surface area contributed by atoms with Gasteiger partial charge in [-0.15, -0.1) is 0 Å². The van der Waals surface area contributed by atoms with Crippen molar-refractivity contribution in [3.05, 3.63) is 17.0 Å². The molecule has 2 unspecified atom stereocenters. The van der Waals surface area contributed by atoms with Gasteiger partial charge in [0.25, 0.3) is 0 Å². The number of aliphatic hydroxyl groups is 1. The molecule has 0 aromatic carbocycles. The van der Waals surface area contributed by atoms with Gasteiger partial charge in [-0.25, -0.2) is 9.97 Å². The largest absolute Gasteiger partial charge is 0.396 e. The first kappa shape index (κ1) is 12.6. The highest BCUT2D eigenvalue weighted by Crippen LogP contribution is 2.31. The maximum absolute atomic E-state index is 9.25. The van der Waals surface area contributed by atoms with Crippen molar-refractivity contribution < 1.29 is 5.11 Å². The average molecular weight is 256 g/mol. The van der Waals surface area contributed by atoms with Crippen molar-refractivity contribution in [2.75, 3.05) is 18.5 Å². The van der Waals surface area contributed by atoms with Crippen LogP contribution in [0.4, 0.5) is 5.82 Å². The summed E-state index contributed by atoms with van der Waals surface area (Å²) in [5.41, 5.74) is 0. The van der Waals surface area contributed by atoms with Gasteiger partial charge < -0.3 is 10.4 Å². The van der Waals surface area contributed by atoms with E-state index in [0.29, 0.717) is 22.8 Å². The molecule has 1 saturated carbocycles. The molecule has 1 aromatic rings. The van der Waals surface area contributed by atoms with Crippen molar-refractivity contribution in [2.45, 2.75) is 26.2 Å². The molecule has 0 spiro atoms. The van der Waals surface area contributed by atoms with Gasteiger partial charge >= 0.3 is 0 Å². The van der Waals surface area contributed by atoms with Gasteiger partial charge in [0.2, 0.25) is 0 Å². The van der Waals surface area contributed by atoms with Crippen molar-refractivity contribution in [1.29, 1.82) is 0 Å². The summed E-state index contributed by atoms with van der Waals surface area (Å²) in [6.07, 6.45) is 3.52. The number of rotatable bonds is 4. The fourth-order valence-corrected chi connectivity index (χ4v) is 2.71. The first-order valence-corrected chi connectivity index (χ1v) is 6.42. The summed E-state index contributed by atoms with van der Waals surface area (Å²) in [5.74, 6) is 2.41. The van der Waals surface area contributed by atoms with E-state index in [4.69, 9.17) is 11.6 Å². The number of aromatic nitrogens is 2. The molecule has 0 saturated heterocycles. The number of aliphatic hydroxyl groups excluding tert-OH is 1. The Kier molecular flexibility index (Phi) is 4.18. The van der Waals surface area contributed by atoms with E-state index < -0.39 is 0 Å². The van der Waals surface area contributed by atoms with Crippen LogP contribution in [0.15, 0.2) is 6.07 Å². The minimum Gasteiger partial charge on any atom is -0.396 e. The standard InChI is InChI=1S/C12H18ClN3O/c1-8-15-11(13)5-12(16-8)14-6-9-3-2-4-10(9)7-17/h5,9-10,17H,2-4,6-7H2,1H3,(H,14,15,16). The third-order valence-electron chi connectivity index (χ3n) is 3.40. The SMILES string of the molecule is Cc1nc(Cl)cc(NCC2CCCC2CO)n1. The summed E-state index contributed by atoms with van der Waals surface area (Å²) in [5, 5.41) is 13.0. The van der Waals surface area contributed by atoms with Gasteiger partial charge in [-0.2, -0.15) is 0 Å². The molecular weight excluding hydrogens is 238 g/mol. The van der Waals surface area contributed by atoms with E-state index in [1.807, 2.05) is 6.92 Å². The van der Waals surface area contributed by atoms with Crippen LogP contribution in [-0.2, 0) is 0 Å². The van der Waals surface area contributed by atoms with E-state index >= 15 is 0 Å². The molecule has 1 aromatic heterocycles. The highest BCUT2D eigenvalue weighted by molar-refractivity contribution is 6.29. The van der Waals surface area contributed by atoms with E-state index in [0.717, 1.165) is 18.8 Å². The molecule has 0 radical (unpaired) electrons. The molecule has 5 heteroatoms. The quantitative estimate of drug-likeness (QED) is 0.811. The number of halogens is 1. The highest BCUT2D eigenvalue weighted by atomic mass is 35.5. The Morgan fingerprint density at radius 3 is 2.88 bits per heavy atom. The molecule has 0 amide bonds. The predicted octanol–water partition coefficient (Wildman–Crippen LogP) is 2.26. The summed E-state index contributed by atoms with van der Waals surface area (Å²) in [4.78, 5) is 8.30. The molecule has 1 aliphatic carbocycles. The number of hydrogen-bond donors (Lipinski definition) is 2. The molecule has 94 valence electrons. The second kappa shape index (κ2) is 5.65. The van der Waals surface area contributed by atoms with Crippen LogP contribution in [0.3, 0.4) is 0 Å². The lowest BCUT2D eigenvalue weighted by molar-refractivity contribution is 0.199. The summed E-state index contributed by atoms with van der Waals surface area (Å²) < 4.78 is 0. The summed E-state index contributed by atoms with van der Waals surface area (Å²) in [6.45, 7) is 2.96. The fraction of sp³-hybridized carbons (Fsp3) is 0.667. The second-order valence-electron chi connectivity index (χ2n) is 4.64. The summed E-state index contributed by atoms with van der Waals surface area (Å²) in [6, 6.07) is 1.73. The van der Waals surface area contributed by atoms with Crippen molar-refractivity contribution >= 4 is 17.4 Å². The van der Waals surface area contributed by atoms with E-state index in [2.05, 4.69) is 15.3 Å². The molecule has 1 fully saturated rings. The van der Waals surface area contributed by atoms with E-state index in [1.165, 1.54) is 12.8 Å². The van der Waals surface area contributed by atoms with Crippen LogP contribution in [0.25, 0.3) is 0 Å². The minimum absolute atomic E-state index is 0.288. The molecule has 2 N–H and O–H groups in total. The van der Waals surface area contributed by atoms with Crippen molar-refractivity contribution in [2.24, 2.45) is 11.8 Å². The lowest BCUT2D eigenvalue weighted by atomic mass is 9.97. The van der Waals surface area contributed by atoms with Crippen LogP contribution < -0.4 is 5.32 Å². The van der Waals surface area contributed by atoms with Gasteiger partial charge in [-0.3, -0.25) is 0 Å². The van der Waals surface area contributed by atoms with E-state index in [-0.39, 0.29) is 6.61 Å².